The van der Waals surface area contributed by atoms with Crippen LogP contribution in [0.1, 0.15) is 39.5 Å². The maximum atomic E-state index is 12.3. The first-order chi connectivity index (χ1) is 8.86. The average molecular weight is 424 g/mol. The molecule has 0 saturated heterocycles. The smallest absolute Gasteiger partial charge is 0.203 e. The fourth-order valence-corrected chi connectivity index (χ4v) is 5.25. The highest BCUT2D eigenvalue weighted by molar-refractivity contribution is 9.09. The second kappa shape index (κ2) is 9.71. The van der Waals surface area contributed by atoms with Gasteiger partial charge in [-0.2, -0.15) is 0 Å². The molecule has 0 aromatic rings. The molecule has 4 unspecified atom stereocenters. The molecule has 19 heavy (non-hydrogen) atoms. The zero-order valence-corrected chi connectivity index (χ0v) is 15.4. The predicted octanol–water partition coefficient (Wildman–Crippen LogP) is 2.66. The second-order valence-electron chi connectivity index (χ2n) is 4.66. The van der Waals surface area contributed by atoms with E-state index in [1.54, 1.807) is 0 Å². The van der Waals surface area contributed by atoms with E-state index in [9.17, 15) is 18.6 Å². The van der Waals surface area contributed by atoms with Crippen molar-refractivity contribution in [2.75, 3.05) is 10.7 Å². The zero-order valence-electron chi connectivity index (χ0n) is 11.4. The van der Waals surface area contributed by atoms with Gasteiger partial charge in [-0.05, 0) is 37.5 Å². The van der Waals surface area contributed by atoms with Crippen LogP contribution in [0.5, 0.6) is 0 Å². The van der Waals surface area contributed by atoms with Crippen molar-refractivity contribution in [2.45, 2.75) is 50.4 Å². The standard InChI is InChI=1S/C12H24Br2O4S/c1-3-9(5-7-13)11(15)19(17,18)12(16)10(4-2)6-8-14/h9-12,15-16H,3-8H2,1-2H3. The zero-order chi connectivity index (χ0) is 15.1. The van der Waals surface area contributed by atoms with E-state index in [0.717, 1.165) is 0 Å². The number of aliphatic hydroxyl groups is 2. The van der Waals surface area contributed by atoms with Crippen LogP contribution < -0.4 is 0 Å². The van der Waals surface area contributed by atoms with Gasteiger partial charge in [0.05, 0.1) is 0 Å². The number of halogens is 2. The van der Waals surface area contributed by atoms with Crippen LogP contribution in [0.3, 0.4) is 0 Å². The van der Waals surface area contributed by atoms with Gasteiger partial charge >= 0.3 is 0 Å². The Bertz CT molecular complexity index is 309. The van der Waals surface area contributed by atoms with Crippen LogP contribution in [0.4, 0.5) is 0 Å². The Labute approximate surface area is 133 Å². The largest absolute Gasteiger partial charge is 0.377 e. The van der Waals surface area contributed by atoms with Crippen molar-refractivity contribution in [3.05, 3.63) is 0 Å². The lowest BCUT2D eigenvalue weighted by Gasteiger charge is -2.27. The van der Waals surface area contributed by atoms with Gasteiger partial charge in [-0.15, -0.1) is 0 Å². The Morgan fingerprint density at radius 1 is 0.895 bits per heavy atom. The molecule has 0 bridgehead atoms. The van der Waals surface area contributed by atoms with Gasteiger partial charge < -0.3 is 10.2 Å². The van der Waals surface area contributed by atoms with Crippen LogP contribution in [0.2, 0.25) is 0 Å². The molecule has 0 amide bonds. The number of sulfone groups is 1. The van der Waals surface area contributed by atoms with Crippen LogP contribution in [-0.2, 0) is 9.84 Å². The molecule has 0 fully saturated rings. The molecule has 0 radical (unpaired) electrons. The van der Waals surface area contributed by atoms with Crippen LogP contribution in [0.15, 0.2) is 0 Å². The minimum Gasteiger partial charge on any atom is -0.377 e. The molecule has 7 heteroatoms. The van der Waals surface area contributed by atoms with Crippen LogP contribution in [-0.4, -0.2) is 40.2 Å². The molecule has 0 aromatic carbocycles. The summed E-state index contributed by atoms with van der Waals surface area (Å²) in [7, 11) is -3.94. The van der Waals surface area contributed by atoms with Gasteiger partial charge in [0.15, 0.2) is 10.9 Å². The van der Waals surface area contributed by atoms with E-state index in [2.05, 4.69) is 31.9 Å². The first-order valence-electron chi connectivity index (χ1n) is 6.57. The third-order valence-electron chi connectivity index (χ3n) is 3.49. The van der Waals surface area contributed by atoms with Crippen LogP contribution in [0, 0.1) is 11.8 Å². The molecule has 0 aliphatic heterocycles. The SMILES string of the molecule is CCC(CCBr)C(O)S(=O)(=O)C(O)C(CC)CCBr. The Balaban J connectivity index is 5.01. The molecule has 4 nitrogen and oxygen atoms in total. The van der Waals surface area contributed by atoms with E-state index in [-0.39, 0.29) is 11.8 Å². The van der Waals surface area contributed by atoms with Crippen molar-refractivity contribution in [1.29, 1.82) is 0 Å². The van der Waals surface area contributed by atoms with Gasteiger partial charge in [0.25, 0.3) is 0 Å². The minimum atomic E-state index is -3.94. The number of aliphatic hydroxyl groups excluding tert-OH is 2. The van der Waals surface area contributed by atoms with E-state index in [4.69, 9.17) is 0 Å². The van der Waals surface area contributed by atoms with Gasteiger partial charge in [0.2, 0.25) is 9.84 Å². The summed E-state index contributed by atoms with van der Waals surface area (Å²) in [5.41, 5.74) is -2.98. The molecule has 0 spiro atoms. The summed E-state index contributed by atoms with van der Waals surface area (Å²) in [5.74, 6) is -0.694. The molecular weight excluding hydrogens is 400 g/mol. The Hall–Kier alpha value is 0.830. The fourth-order valence-electron chi connectivity index (χ4n) is 2.06. The lowest BCUT2D eigenvalue weighted by Crippen LogP contribution is -2.41. The first kappa shape index (κ1) is 19.8. The van der Waals surface area contributed by atoms with E-state index in [0.29, 0.717) is 36.3 Å². The summed E-state index contributed by atoms with van der Waals surface area (Å²) in [4.78, 5) is 0. The minimum absolute atomic E-state index is 0.347. The molecule has 116 valence electrons. The van der Waals surface area contributed by atoms with Crippen molar-refractivity contribution in [2.24, 2.45) is 11.8 Å². The summed E-state index contributed by atoms with van der Waals surface area (Å²) in [6.45, 7) is 3.68. The number of hydrogen-bond acceptors (Lipinski definition) is 4. The van der Waals surface area contributed by atoms with Crippen molar-refractivity contribution in [1.82, 2.24) is 0 Å². The third-order valence-corrected chi connectivity index (χ3v) is 6.52. The maximum absolute atomic E-state index is 12.3. The highest BCUT2D eigenvalue weighted by Crippen LogP contribution is 2.27. The van der Waals surface area contributed by atoms with Crippen molar-refractivity contribution in [3.63, 3.8) is 0 Å². The summed E-state index contributed by atoms with van der Waals surface area (Å²) in [6.07, 6.45) is 2.26. The Morgan fingerprint density at radius 3 is 1.42 bits per heavy atom. The summed E-state index contributed by atoms with van der Waals surface area (Å²) >= 11 is 6.51. The summed E-state index contributed by atoms with van der Waals surface area (Å²) < 4.78 is 24.5. The summed E-state index contributed by atoms with van der Waals surface area (Å²) in [6, 6.07) is 0. The molecule has 2 N–H and O–H groups in total. The Morgan fingerprint density at radius 2 is 1.21 bits per heavy atom. The normalized spacial score (nSPS) is 18.8. The van der Waals surface area contributed by atoms with Gasteiger partial charge in [0, 0.05) is 10.7 Å². The topological polar surface area (TPSA) is 74.6 Å². The molecule has 0 aromatic heterocycles. The van der Waals surface area contributed by atoms with Crippen LogP contribution in [0.25, 0.3) is 0 Å². The van der Waals surface area contributed by atoms with E-state index >= 15 is 0 Å². The van der Waals surface area contributed by atoms with Gasteiger partial charge in [-0.3, -0.25) is 0 Å². The molecular formula is C12H24Br2O4S. The van der Waals surface area contributed by atoms with E-state index in [1.807, 2.05) is 13.8 Å². The fraction of sp³-hybridized carbons (Fsp3) is 1.00. The number of hydrogen-bond donors (Lipinski definition) is 2. The van der Waals surface area contributed by atoms with Crippen molar-refractivity contribution < 1.29 is 18.6 Å². The quantitative estimate of drug-likeness (QED) is 0.529. The van der Waals surface area contributed by atoms with E-state index in [1.165, 1.54) is 0 Å². The molecule has 0 aliphatic rings. The van der Waals surface area contributed by atoms with Gasteiger partial charge in [0.1, 0.15) is 0 Å². The lowest BCUT2D eigenvalue weighted by molar-refractivity contribution is 0.138. The lowest BCUT2D eigenvalue weighted by atomic mass is 10.0. The van der Waals surface area contributed by atoms with Gasteiger partial charge in [-0.25, -0.2) is 8.42 Å². The monoisotopic (exact) mass is 422 g/mol. The molecule has 0 heterocycles. The highest BCUT2D eigenvalue weighted by atomic mass is 79.9. The van der Waals surface area contributed by atoms with Crippen molar-refractivity contribution in [3.8, 4) is 0 Å². The maximum Gasteiger partial charge on any atom is 0.203 e. The van der Waals surface area contributed by atoms with E-state index < -0.39 is 20.7 Å². The molecule has 0 saturated carbocycles. The molecule has 0 aliphatic carbocycles. The van der Waals surface area contributed by atoms with Gasteiger partial charge in [-0.1, -0.05) is 45.7 Å². The highest BCUT2D eigenvalue weighted by Gasteiger charge is 2.39. The Kier molecular flexibility index (Phi) is 10.1. The first-order valence-corrected chi connectivity index (χ1v) is 10.4. The van der Waals surface area contributed by atoms with Crippen LogP contribution >= 0.6 is 31.9 Å². The number of rotatable bonds is 10. The molecule has 4 atom stereocenters. The number of alkyl halides is 2. The molecule has 0 rings (SSSR count). The van der Waals surface area contributed by atoms with Crippen molar-refractivity contribution >= 4 is 41.7 Å². The summed E-state index contributed by atoms with van der Waals surface area (Å²) in [5, 5.41) is 21.4. The average Bonchev–Trinajstić information content (AvgIpc) is 2.40. The second-order valence-corrected chi connectivity index (χ2v) is 8.39. The third kappa shape index (κ3) is 5.61. The predicted molar refractivity (Wildman–Crippen MR) is 85.3 cm³/mol.